The van der Waals surface area contributed by atoms with Crippen molar-refractivity contribution in [3.8, 4) is 22.5 Å². The van der Waals surface area contributed by atoms with Gasteiger partial charge in [-0.25, -0.2) is 0 Å². The maximum absolute atomic E-state index is 5.64. The minimum absolute atomic E-state index is 0. The number of hydrogen-bond donors (Lipinski definition) is 0. The second-order valence-electron chi connectivity index (χ2n) is 11.6. The van der Waals surface area contributed by atoms with Crippen LogP contribution in [0, 0.1) is 46.8 Å². The van der Waals surface area contributed by atoms with E-state index in [1.807, 2.05) is 37.5 Å². The van der Waals surface area contributed by atoms with E-state index in [0.717, 1.165) is 50.1 Å². The second kappa shape index (κ2) is 12.1. The van der Waals surface area contributed by atoms with Gasteiger partial charge < -0.3 is 9.40 Å². The summed E-state index contributed by atoms with van der Waals surface area (Å²) in [6.45, 7) is 17.0. The molecule has 4 heterocycles. The molecule has 0 amide bonds. The van der Waals surface area contributed by atoms with Crippen LogP contribution in [0.1, 0.15) is 54.3 Å². The van der Waals surface area contributed by atoms with Crippen molar-refractivity contribution < 1.29 is 24.5 Å². The fraction of sp³-hybridized carbons (Fsp3) is 0.250. The van der Waals surface area contributed by atoms with Gasteiger partial charge in [0, 0.05) is 55.7 Å². The van der Waals surface area contributed by atoms with Crippen LogP contribution < -0.4 is 0 Å². The number of rotatable bonds is 2. The standard InChI is InChI=1S/C21H19N2O.C15H16N.Ir/c1-13-5-6-16-17(11-14-8-10-24-20(14)19(16)23-13)18-12-15(7-9-22-18)21(2,3)4;1-10-5-6-14(7-11(10)2)15-8-12(3)13(4)9-16-15;/h5-10,12H,1-4H3;5,7-9H,1-4H3;/q2*-1;. The Morgan fingerprint density at radius 2 is 1.54 bits per heavy atom. The summed E-state index contributed by atoms with van der Waals surface area (Å²) in [6.07, 6.45) is 5.48. The van der Waals surface area contributed by atoms with Crippen molar-refractivity contribution in [2.24, 2.45) is 0 Å². The van der Waals surface area contributed by atoms with Crippen LogP contribution in [0.15, 0.2) is 71.6 Å². The molecule has 0 bridgehead atoms. The van der Waals surface area contributed by atoms with Crippen molar-refractivity contribution in [3.05, 3.63) is 113 Å². The molecule has 0 saturated carbocycles. The van der Waals surface area contributed by atoms with Crippen LogP contribution in [-0.2, 0) is 25.5 Å². The molecule has 4 aromatic heterocycles. The van der Waals surface area contributed by atoms with Crippen molar-refractivity contribution in [1.29, 1.82) is 0 Å². The van der Waals surface area contributed by atoms with Crippen LogP contribution in [0.5, 0.6) is 0 Å². The summed E-state index contributed by atoms with van der Waals surface area (Å²) < 4.78 is 5.64. The summed E-state index contributed by atoms with van der Waals surface area (Å²) >= 11 is 0. The van der Waals surface area contributed by atoms with Gasteiger partial charge >= 0.3 is 0 Å². The molecule has 2 aromatic carbocycles. The predicted octanol–water partition coefficient (Wildman–Crippen LogP) is 9.23. The third-order valence-electron chi connectivity index (χ3n) is 7.40. The number of fused-ring (bicyclic) bond motifs is 3. The number of aryl methyl sites for hydroxylation is 5. The zero-order valence-corrected chi connectivity index (χ0v) is 27.3. The van der Waals surface area contributed by atoms with Crippen molar-refractivity contribution >= 4 is 21.9 Å². The Bertz CT molecular complexity index is 1800. The number of furan rings is 1. The van der Waals surface area contributed by atoms with E-state index >= 15 is 0 Å². The molecular formula is C36H35IrN3O-2. The van der Waals surface area contributed by atoms with Crippen LogP contribution in [0.25, 0.3) is 44.4 Å². The summed E-state index contributed by atoms with van der Waals surface area (Å²) in [4.78, 5) is 13.7. The Morgan fingerprint density at radius 3 is 2.24 bits per heavy atom. The molecule has 1 radical (unpaired) electrons. The Morgan fingerprint density at radius 1 is 0.780 bits per heavy atom. The van der Waals surface area contributed by atoms with E-state index in [0.29, 0.717) is 0 Å². The first-order valence-electron chi connectivity index (χ1n) is 13.6. The SMILES string of the molecule is Cc1c[c-]c(-c2cc(C)c(C)cn2)cc1C.Cc1ccc2c(-c3cc(C(C)(C)C)ccn3)[c-]c3ccoc3c2n1.[Ir]. The number of aromatic nitrogens is 3. The first-order valence-corrected chi connectivity index (χ1v) is 13.6. The number of pyridine rings is 3. The van der Waals surface area contributed by atoms with Crippen molar-refractivity contribution in [2.45, 2.75) is 60.8 Å². The minimum Gasteiger partial charge on any atom is -0.506 e. The van der Waals surface area contributed by atoms with Gasteiger partial charge in [0.1, 0.15) is 0 Å². The number of hydrogen-bond acceptors (Lipinski definition) is 4. The van der Waals surface area contributed by atoms with Crippen molar-refractivity contribution in [3.63, 3.8) is 0 Å². The van der Waals surface area contributed by atoms with Crippen molar-refractivity contribution in [2.75, 3.05) is 0 Å². The average molecular weight is 718 g/mol. The first-order chi connectivity index (χ1) is 19.0. The van der Waals surface area contributed by atoms with Crippen LogP contribution in [0.2, 0.25) is 0 Å². The summed E-state index contributed by atoms with van der Waals surface area (Å²) in [5.41, 5.74) is 13.0. The normalized spacial score (nSPS) is 11.2. The fourth-order valence-corrected chi connectivity index (χ4v) is 4.55. The summed E-state index contributed by atoms with van der Waals surface area (Å²) in [5, 5.41) is 1.94. The molecule has 0 aliphatic rings. The van der Waals surface area contributed by atoms with E-state index in [2.05, 4.69) is 101 Å². The van der Waals surface area contributed by atoms with Gasteiger partial charge in [0.15, 0.2) is 0 Å². The van der Waals surface area contributed by atoms with Gasteiger partial charge in [0.05, 0.1) is 5.58 Å². The predicted molar refractivity (Wildman–Crippen MR) is 164 cm³/mol. The molecule has 0 atom stereocenters. The Labute approximate surface area is 256 Å². The molecule has 6 rings (SSSR count). The molecule has 0 aliphatic heterocycles. The van der Waals surface area contributed by atoms with Gasteiger partial charge in [-0.1, -0.05) is 80.8 Å². The van der Waals surface area contributed by atoms with Gasteiger partial charge in [-0.2, -0.15) is 0 Å². The zero-order valence-electron chi connectivity index (χ0n) is 24.9. The zero-order chi connectivity index (χ0) is 28.6. The van der Waals surface area contributed by atoms with E-state index < -0.39 is 0 Å². The topological polar surface area (TPSA) is 51.8 Å². The monoisotopic (exact) mass is 718 g/mol. The van der Waals surface area contributed by atoms with Crippen LogP contribution in [0.3, 0.4) is 0 Å². The van der Waals surface area contributed by atoms with E-state index in [4.69, 9.17) is 9.40 Å². The van der Waals surface area contributed by atoms with Crippen LogP contribution in [0.4, 0.5) is 0 Å². The molecule has 0 unspecified atom stereocenters. The Hall–Kier alpha value is -3.66. The van der Waals surface area contributed by atoms with Gasteiger partial charge in [0.25, 0.3) is 0 Å². The molecule has 0 aliphatic carbocycles. The Balaban J connectivity index is 0.000000200. The fourth-order valence-electron chi connectivity index (χ4n) is 4.55. The van der Waals surface area contributed by atoms with Crippen LogP contribution in [-0.4, -0.2) is 15.0 Å². The third-order valence-corrected chi connectivity index (χ3v) is 7.40. The molecule has 0 N–H and O–H groups in total. The van der Waals surface area contributed by atoms with E-state index in [1.165, 1.54) is 27.8 Å². The molecular weight excluding hydrogens is 683 g/mol. The van der Waals surface area contributed by atoms with E-state index in [9.17, 15) is 0 Å². The molecule has 4 nitrogen and oxygen atoms in total. The van der Waals surface area contributed by atoms with Gasteiger partial charge in [0.2, 0.25) is 0 Å². The molecule has 5 heteroatoms. The average Bonchev–Trinajstić information content (AvgIpc) is 3.40. The summed E-state index contributed by atoms with van der Waals surface area (Å²) in [5.74, 6) is 0. The summed E-state index contributed by atoms with van der Waals surface area (Å²) in [6, 6.07) is 23.3. The van der Waals surface area contributed by atoms with E-state index in [1.54, 1.807) is 6.26 Å². The van der Waals surface area contributed by atoms with Gasteiger partial charge in [-0.3, -0.25) is 9.97 Å². The molecule has 6 aromatic rings. The van der Waals surface area contributed by atoms with E-state index in [-0.39, 0.29) is 25.5 Å². The maximum atomic E-state index is 5.64. The summed E-state index contributed by atoms with van der Waals surface area (Å²) in [7, 11) is 0. The van der Waals surface area contributed by atoms with Gasteiger partial charge in [-0.15, -0.1) is 41.0 Å². The van der Waals surface area contributed by atoms with Crippen molar-refractivity contribution in [1.82, 2.24) is 15.0 Å². The van der Waals surface area contributed by atoms with Crippen LogP contribution >= 0.6 is 0 Å². The Kier molecular flexibility index (Phi) is 8.91. The van der Waals surface area contributed by atoms with Gasteiger partial charge in [-0.05, 0) is 55.1 Å². The maximum Gasteiger partial charge on any atom is 0.0847 e. The number of benzene rings is 2. The molecule has 0 spiro atoms. The molecule has 0 saturated heterocycles. The molecule has 0 fully saturated rings. The smallest absolute Gasteiger partial charge is 0.0847 e. The minimum atomic E-state index is 0. The molecule has 41 heavy (non-hydrogen) atoms. The quantitative estimate of drug-likeness (QED) is 0.168. The largest absolute Gasteiger partial charge is 0.506 e. The first kappa shape index (κ1) is 30.3. The molecule has 211 valence electrons. The second-order valence-corrected chi connectivity index (χ2v) is 11.6. The number of nitrogens with zero attached hydrogens (tertiary/aromatic N) is 3. The third kappa shape index (κ3) is 6.48.